The highest BCUT2D eigenvalue weighted by atomic mass is 35.5. The Hall–Kier alpha value is -2.42. The molecule has 0 radical (unpaired) electrons. The lowest BCUT2D eigenvalue weighted by Gasteiger charge is -2.36. The van der Waals surface area contributed by atoms with Gasteiger partial charge in [-0.15, -0.1) is 10.2 Å². The number of anilines is 2. The second-order valence-electron chi connectivity index (χ2n) is 7.67. The highest BCUT2D eigenvalue weighted by Gasteiger charge is 2.27. The zero-order valence-electron chi connectivity index (χ0n) is 16.4. The molecular formula is C20H21Cl2N7O. The number of nitrogens with one attached hydrogen (secondary N) is 2. The molecule has 2 aromatic heterocycles. The summed E-state index contributed by atoms with van der Waals surface area (Å²) in [5, 5.41) is 20.7. The highest BCUT2D eigenvalue weighted by molar-refractivity contribution is 6.33. The van der Waals surface area contributed by atoms with Crippen LogP contribution in [0.1, 0.15) is 24.4 Å². The van der Waals surface area contributed by atoms with Gasteiger partial charge < -0.3 is 20.1 Å². The minimum atomic E-state index is -0.00142. The molecule has 30 heavy (non-hydrogen) atoms. The van der Waals surface area contributed by atoms with Crippen LogP contribution in [0.3, 0.4) is 0 Å². The van der Waals surface area contributed by atoms with E-state index in [1.54, 1.807) is 6.07 Å². The first-order valence-corrected chi connectivity index (χ1v) is 10.7. The van der Waals surface area contributed by atoms with Crippen LogP contribution in [0.25, 0.3) is 11.6 Å². The number of hydrogen-bond acceptors (Lipinski definition) is 8. The summed E-state index contributed by atoms with van der Waals surface area (Å²) >= 11 is 12.7. The van der Waals surface area contributed by atoms with Gasteiger partial charge in [0.2, 0.25) is 0 Å². The van der Waals surface area contributed by atoms with Crippen molar-refractivity contribution in [1.82, 2.24) is 25.7 Å². The van der Waals surface area contributed by atoms with Crippen LogP contribution in [-0.2, 0) is 6.42 Å². The first kappa shape index (κ1) is 19.5. The summed E-state index contributed by atoms with van der Waals surface area (Å²) in [5.74, 6) is 2.36. The Morgan fingerprint density at radius 1 is 1.23 bits per heavy atom. The molecule has 4 heterocycles. The van der Waals surface area contributed by atoms with Crippen molar-refractivity contribution in [3.05, 3.63) is 45.7 Å². The minimum absolute atomic E-state index is 0.00142. The van der Waals surface area contributed by atoms with Gasteiger partial charge in [0.05, 0.1) is 11.7 Å². The number of fused-ring (bicyclic) bond motifs is 1. The lowest BCUT2D eigenvalue weighted by molar-refractivity contribution is 0.333. The fourth-order valence-corrected chi connectivity index (χ4v) is 4.30. The molecule has 0 bridgehead atoms. The lowest BCUT2D eigenvalue weighted by Crippen LogP contribution is -2.43. The molecule has 1 fully saturated rings. The van der Waals surface area contributed by atoms with Crippen LogP contribution in [0.5, 0.6) is 0 Å². The molecule has 10 heteroatoms. The third-order valence-corrected chi connectivity index (χ3v) is 6.21. The fraction of sp³-hybridized carbons (Fsp3) is 0.400. The van der Waals surface area contributed by atoms with E-state index >= 15 is 0 Å². The van der Waals surface area contributed by atoms with Crippen molar-refractivity contribution in [3.8, 4) is 11.6 Å². The number of halogens is 2. The second-order valence-corrected chi connectivity index (χ2v) is 8.51. The molecule has 0 unspecified atom stereocenters. The Kier molecular flexibility index (Phi) is 5.22. The van der Waals surface area contributed by atoms with Gasteiger partial charge in [-0.1, -0.05) is 28.4 Å². The van der Waals surface area contributed by atoms with Crippen molar-refractivity contribution in [2.75, 3.05) is 36.4 Å². The molecule has 2 aliphatic rings. The van der Waals surface area contributed by atoms with Crippen molar-refractivity contribution in [3.63, 3.8) is 0 Å². The molecule has 1 saturated heterocycles. The van der Waals surface area contributed by atoms with E-state index in [1.165, 1.54) is 0 Å². The van der Waals surface area contributed by atoms with Crippen LogP contribution in [0.4, 0.5) is 11.5 Å². The van der Waals surface area contributed by atoms with E-state index in [0.29, 0.717) is 33.4 Å². The SMILES string of the molecule is C[C@H](c1cc(Cl)ccc1Cl)N1CCNc2nnc(-c3nc(CC4CNC4)no3)cc21. The number of hydrogen-bond donors (Lipinski definition) is 2. The fourth-order valence-electron chi connectivity index (χ4n) is 3.84. The molecule has 3 aromatic rings. The molecule has 2 aliphatic heterocycles. The zero-order valence-corrected chi connectivity index (χ0v) is 17.9. The summed E-state index contributed by atoms with van der Waals surface area (Å²) in [7, 11) is 0. The van der Waals surface area contributed by atoms with Gasteiger partial charge in [-0.05, 0) is 55.8 Å². The summed E-state index contributed by atoms with van der Waals surface area (Å²) in [6.45, 7) is 5.62. The summed E-state index contributed by atoms with van der Waals surface area (Å²) in [6.07, 6.45) is 0.798. The quantitative estimate of drug-likeness (QED) is 0.615. The number of rotatable bonds is 5. The van der Waals surface area contributed by atoms with Crippen molar-refractivity contribution in [2.24, 2.45) is 5.92 Å². The van der Waals surface area contributed by atoms with Gasteiger partial charge in [0.15, 0.2) is 17.3 Å². The summed E-state index contributed by atoms with van der Waals surface area (Å²) in [4.78, 5) is 6.75. The van der Waals surface area contributed by atoms with E-state index < -0.39 is 0 Å². The molecule has 0 aliphatic carbocycles. The molecule has 0 spiro atoms. The van der Waals surface area contributed by atoms with E-state index in [9.17, 15) is 0 Å². The Labute approximate surface area is 184 Å². The first-order chi connectivity index (χ1) is 14.6. The van der Waals surface area contributed by atoms with E-state index in [0.717, 1.165) is 49.7 Å². The molecule has 5 rings (SSSR count). The van der Waals surface area contributed by atoms with Crippen LogP contribution in [0.15, 0.2) is 28.8 Å². The summed E-state index contributed by atoms with van der Waals surface area (Å²) < 4.78 is 5.46. The van der Waals surface area contributed by atoms with Gasteiger partial charge in [-0.2, -0.15) is 4.98 Å². The second kappa shape index (κ2) is 8.02. The molecule has 1 aromatic carbocycles. The number of benzene rings is 1. The standard InChI is InChI=1S/C20H21Cl2N7O/c1-11(14-7-13(21)2-3-15(14)22)29-5-4-24-19-17(29)8-16(26-27-19)20-25-18(28-30-20)6-12-9-23-10-12/h2-3,7-8,11-12,23H,4-6,9-10H2,1H3,(H,24,27)/t11-/m1/s1. The average molecular weight is 446 g/mol. The van der Waals surface area contributed by atoms with Gasteiger partial charge >= 0.3 is 0 Å². The monoisotopic (exact) mass is 445 g/mol. The Bertz CT molecular complexity index is 1070. The predicted molar refractivity (Wildman–Crippen MR) is 116 cm³/mol. The average Bonchev–Trinajstić information content (AvgIpc) is 3.20. The van der Waals surface area contributed by atoms with Crippen LogP contribution in [-0.4, -0.2) is 46.5 Å². The van der Waals surface area contributed by atoms with Crippen LogP contribution in [0.2, 0.25) is 10.0 Å². The maximum Gasteiger partial charge on any atom is 0.278 e. The lowest BCUT2D eigenvalue weighted by atomic mass is 9.99. The van der Waals surface area contributed by atoms with Crippen molar-refractivity contribution < 1.29 is 4.52 Å². The van der Waals surface area contributed by atoms with Gasteiger partial charge in [0.25, 0.3) is 5.89 Å². The maximum atomic E-state index is 6.46. The Morgan fingerprint density at radius 2 is 2.10 bits per heavy atom. The number of nitrogens with zero attached hydrogens (tertiary/aromatic N) is 5. The molecule has 156 valence electrons. The first-order valence-electron chi connectivity index (χ1n) is 9.95. The van der Waals surface area contributed by atoms with Gasteiger partial charge in [-0.3, -0.25) is 0 Å². The van der Waals surface area contributed by atoms with Crippen molar-refractivity contribution >= 4 is 34.7 Å². The predicted octanol–water partition coefficient (Wildman–Crippen LogP) is 3.59. The highest BCUT2D eigenvalue weighted by Crippen LogP contribution is 2.38. The van der Waals surface area contributed by atoms with E-state index in [4.69, 9.17) is 27.7 Å². The Morgan fingerprint density at radius 3 is 2.90 bits per heavy atom. The third kappa shape index (κ3) is 3.71. The van der Waals surface area contributed by atoms with Crippen molar-refractivity contribution in [1.29, 1.82) is 0 Å². The smallest absolute Gasteiger partial charge is 0.278 e. The third-order valence-electron chi connectivity index (χ3n) is 5.63. The van der Waals surface area contributed by atoms with Crippen LogP contribution in [0, 0.1) is 5.92 Å². The van der Waals surface area contributed by atoms with E-state index in [2.05, 4.69) is 42.8 Å². The molecule has 8 nitrogen and oxygen atoms in total. The molecule has 1 atom stereocenters. The molecule has 0 saturated carbocycles. The molecular weight excluding hydrogens is 425 g/mol. The van der Waals surface area contributed by atoms with Gasteiger partial charge in [-0.25, -0.2) is 0 Å². The minimum Gasteiger partial charge on any atom is -0.365 e. The molecule has 2 N–H and O–H groups in total. The summed E-state index contributed by atoms with van der Waals surface area (Å²) in [5.41, 5.74) is 2.43. The van der Waals surface area contributed by atoms with Crippen LogP contribution < -0.4 is 15.5 Å². The van der Waals surface area contributed by atoms with Gasteiger partial charge in [0, 0.05) is 29.6 Å². The Balaban J connectivity index is 1.45. The van der Waals surface area contributed by atoms with E-state index in [1.807, 2.05) is 18.2 Å². The largest absolute Gasteiger partial charge is 0.365 e. The van der Waals surface area contributed by atoms with Gasteiger partial charge in [0.1, 0.15) is 0 Å². The normalized spacial score (nSPS) is 17.2. The van der Waals surface area contributed by atoms with Crippen LogP contribution >= 0.6 is 23.2 Å². The molecule has 0 amide bonds. The number of aromatic nitrogens is 4. The van der Waals surface area contributed by atoms with E-state index in [-0.39, 0.29) is 6.04 Å². The topological polar surface area (TPSA) is 92.0 Å². The zero-order chi connectivity index (χ0) is 20.7. The van der Waals surface area contributed by atoms with Crippen molar-refractivity contribution in [2.45, 2.75) is 19.4 Å². The maximum absolute atomic E-state index is 6.46. The summed E-state index contributed by atoms with van der Waals surface area (Å²) in [6, 6.07) is 7.46.